The van der Waals surface area contributed by atoms with Gasteiger partial charge in [-0.05, 0) is 18.2 Å². The van der Waals surface area contributed by atoms with Gasteiger partial charge in [0.1, 0.15) is 5.75 Å². The molecular formula is C16H10ClN3O4. The highest BCUT2D eigenvalue weighted by molar-refractivity contribution is 6.33. The summed E-state index contributed by atoms with van der Waals surface area (Å²) in [5.74, 6) is 0.181. The maximum Gasteiger partial charge on any atom is 0.440 e. The highest BCUT2D eigenvalue weighted by Crippen LogP contribution is 2.27. The lowest BCUT2D eigenvalue weighted by Crippen LogP contribution is -2.17. The Labute approximate surface area is 141 Å². The van der Waals surface area contributed by atoms with Crippen molar-refractivity contribution in [3.05, 3.63) is 76.1 Å². The molecule has 0 saturated carbocycles. The summed E-state index contributed by atoms with van der Waals surface area (Å²) in [4.78, 5) is 22.1. The van der Waals surface area contributed by atoms with Gasteiger partial charge in [-0.1, -0.05) is 29.8 Å². The van der Waals surface area contributed by atoms with E-state index in [-0.39, 0.29) is 11.4 Å². The molecule has 7 nitrogen and oxygen atoms in total. The number of carbonyl (C=O) groups is 1. The summed E-state index contributed by atoms with van der Waals surface area (Å²) in [6.07, 6.45) is 2.26. The molecule has 0 spiro atoms. The first-order valence-electron chi connectivity index (χ1n) is 6.81. The molecule has 120 valence electrons. The van der Waals surface area contributed by atoms with Crippen molar-refractivity contribution in [3.63, 3.8) is 0 Å². The number of nitro groups is 1. The Morgan fingerprint density at radius 3 is 2.54 bits per heavy atom. The molecule has 1 heterocycles. The summed E-state index contributed by atoms with van der Waals surface area (Å²) in [6.45, 7) is 0. The minimum Gasteiger partial charge on any atom is -0.409 e. The summed E-state index contributed by atoms with van der Waals surface area (Å²) in [7, 11) is 0. The highest BCUT2D eigenvalue weighted by Gasteiger charge is 2.13. The topological polar surface area (TPSA) is 87.3 Å². The number of benzene rings is 2. The van der Waals surface area contributed by atoms with Gasteiger partial charge in [-0.2, -0.15) is 9.78 Å². The zero-order valence-electron chi connectivity index (χ0n) is 12.1. The van der Waals surface area contributed by atoms with Crippen LogP contribution < -0.4 is 4.74 Å². The fraction of sp³-hybridized carbons (Fsp3) is 0. The number of halogens is 1. The van der Waals surface area contributed by atoms with E-state index in [0.717, 1.165) is 10.2 Å². The summed E-state index contributed by atoms with van der Waals surface area (Å²) < 4.78 is 6.15. The van der Waals surface area contributed by atoms with Crippen LogP contribution in [0, 0.1) is 10.1 Å². The number of carbonyl (C=O) groups excluding carboxylic acids is 1. The number of nitro benzene ring substituents is 1. The third kappa shape index (κ3) is 3.26. The zero-order chi connectivity index (χ0) is 17.1. The van der Waals surface area contributed by atoms with Crippen LogP contribution >= 0.6 is 11.6 Å². The fourth-order valence-electron chi connectivity index (χ4n) is 2.04. The molecule has 0 fully saturated rings. The third-order valence-electron chi connectivity index (χ3n) is 3.21. The van der Waals surface area contributed by atoms with Crippen molar-refractivity contribution in [2.45, 2.75) is 0 Å². The Morgan fingerprint density at radius 1 is 1.17 bits per heavy atom. The number of nitrogens with zero attached hydrogens (tertiary/aromatic N) is 3. The van der Waals surface area contributed by atoms with Gasteiger partial charge < -0.3 is 4.74 Å². The molecule has 0 N–H and O–H groups in total. The van der Waals surface area contributed by atoms with Crippen LogP contribution in [0.25, 0.3) is 11.1 Å². The molecule has 0 atom stereocenters. The minimum absolute atomic E-state index is 0.0881. The molecule has 3 aromatic rings. The van der Waals surface area contributed by atoms with Gasteiger partial charge in [0, 0.05) is 34.5 Å². The van der Waals surface area contributed by atoms with Crippen LogP contribution in [0.4, 0.5) is 10.5 Å². The van der Waals surface area contributed by atoms with Gasteiger partial charge in [0.2, 0.25) is 0 Å². The van der Waals surface area contributed by atoms with Crippen LogP contribution in [0.2, 0.25) is 5.02 Å². The molecule has 0 aliphatic carbocycles. The molecule has 0 radical (unpaired) electrons. The Balaban J connectivity index is 1.76. The number of rotatable bonds is 3. The second-order valence-electron chi connectivity index (χ2n) is 4.77. The van der Waals surface area contributed by atoms with Crippen molar-refractivity contribution < 1.29 is 14.5 Å². The normalized spacial score (nSPS) is 10.4. The monoisotopic (exact) mass is 343 g/mol. The maximum absolute atomic E-state index is 12.1. The van der Waals surface area contributed by atoms with Gasteiger partial charge in [-0.3, -0.25) is 10.1 Å². The van der Waals surface area contributed by atoms with Gasteiger partial charge in [0.05, 0.1) is 11.1 Å². The molecule has 0 aliphatic rings. The van der Waals surface area contributed by atoms with Crippen LogP contribution in [0.1, 0.15) is 0 Å². The van der Waals surface area contributed by atoms with E-state index < -0.39 is 11.0 Å². The molecule has 8 heteroatoms. The van der Waals surface area contributed by atoms with E-state index in [0.29, 0.717) is 10.6 Å². The lowest BCUT2D eigenvalue weighted by atomic mass is 10.1. The van der Waals surface area contributed by atoms with E-state index in [4.69, 9.17) is 16.3 Å². The van der Waals surface area contributed by atoms with Gasteiger partial charge in [-0.25, -0.2) is 4.79 Å². The first kappa shape index (κ1) is 15.7. The predicted molar refractivity (Wildman–Crippen MR) is 87.2 cm³/mol. The molecule has 24 heavy (non-hydrogen) atoms. The van der Waals surface area contributed by atoms with E-state index in [2.05, 4.69) is 5.10 Å². The van der Waals surface area contributed by atoms with Crippen molar-refractivity contribution in [1.82, 2.24) is 9.78 Å². The number of hydrogen-bond acceptors (Lipinski definition) is 5. The summed E-state index contributed by atoms with van der Waals surface area (Å²) in [6, 6.07) is 12.4. The SMILES string of the molecule is O=C(Oc1ccc([N+](=O)[O-])cc1)n1cc(-c2ccccc2Cl)cn1. The van der Waals surface area contributed by atoms with Gasteiger partial charge in [0.15, 0.2) is 0 Å². The second-order valence-corrected chi connectivity index (χ2v) is 5.18. The molecular weight excluding hydrogens is 334 g/mol. The largest absolute Gasteiger partial charge is 0.440 e. The van der Waals surface area contributed by atoms with E-state index in [1.165, 1.54) is 36.7 Å². The van der Waals surface area contributed by atoms with Gasteiger partial charge >= 0.3 is 6.09 Å². The molecule has 0 unspecified atom stereocenters. The van der Waals surface area contributed by atoms with Crippen LogP contribution in [0.3, 0.4) is 0 Å². The van der Waals surface area contributed by atoms with E-state index in [1.54, 1.807) is 12.1 Å². The van der Waals surface area contributed by atoms with Crippen molar-refractivity contribution >= 4 is 23.4 Å². The highest BCUT2D eigenvalue weighted by atomic mass is 35.5. The number of non-ortho nitro benzene ring substituents is 1. The maximum atomic E-state index is 12.1. The molecule has 0 amide bonds. The fourth-order valence-corrected chi connectivity index (χ4v) is 2.29. The molecule has 3 rings (SSSR count). The Kier molecular flexibility index (Phi) is 4.26. The lowest BCUT2D eigenvalue weighted by molar-refractivity contribution is -0.384. The molecule has 1 aromatic heterocycles. The van der Waals surface area contributed by atoms with E-state index >= 15 is 0 Å². The Bertz CT molecular complexity index is 906. The second kappa shape index (κ2) is 6.51. The quantitative estimate of drug-likeness (QED) is 0.526. The van der Waals surface area contributed by atoms with Crippen molar-refractivity contribution in [1.29, 1.82) is 0 Å². The van der Waals surface area contributed by atoms with Crippen LogP contribution in [0.15, 0.2) is 60.9 Å². The predicted octanol–water partition coefficient (Wildman–Crippen LogP) is 4.16. The Morgan fingerprint density at radius 2 is 1.88 bits per heavy atom. The van der Waals surface area contributed by atoms with Crippen molar-refractivity contribution in [2.75, 3.05) is 0 Å². The summed E-state index contributed by atoms with van der Waals surface area (Å²) in [5.41, 5.74) is 1.32. The van der Waals surface area contributed by atoms with Crippen molar-refractivity contribution in [3.8, 4) is 16.9 Å². The summed E-state index contributed by atoms with van der Waals surface area (Å²) >= 11 is 6.11. The molecule has 2 aromatic carbocycles. The number of hydrogen-bond donors (Lipinski definition) is 0. The summed E-state index contributed by atoms with van der Waals surface area (Å²) in [5, 5.41) is 15.1. The smallest absolute Gasteiger partial charge is 0.409 e. The lowest BCUT2D eigenvalue weighted by Gasteiger charge is -2.03. The molecule has 0 saturated heterocycles. The average Bonchev–Trinajstić information content (AvgIpc) is 3.05. The molecule has 0 bridgehead atoms. The van der Waals surface area contributed by atoms with Crippen LogP contribution in [-0.4, -0.2) is 20.8 Å². The zero-order valence-corrected chi connectivity index (χ0v) is 12.9. The minimum atomic E-state index is -0.734. The van der Waals surface area contributed by atoms with E-state index in [1.807, 2.05) is 12.1 Å². The number of aromatic nitrogens is 2. The van der Waals surface area contributed by atoms with Crippen LogP contribution in [0.5, 0.6) is 5.75 Å². The van der Waals surface area contributed by atoms with Gasteiger partial charge in [0.25, 0.3) is 5.69 Å². The van der Waals surface area contributed by atoms with E-state index in [9.17, 15) is 14.9 Å². The molecule has 0 aliphatic heterocycles. The first-order valence-corrected chi connectivity index (χ1v) is 7.18. The number of ether oxygens (including phenoxy) is 1. The van der Waals surface area contributed by atoms with Crippen LogP contribution in [-0.2, 0) is 0 Å². The third-order valence-corrected chi connectivity index (χ3v) is 3.54. The average molecular weight is 344 g/mol. The Hall–Kier alpha value is -3.19. The standard InChI is InChI=1S/C16H10ClN3O4/c17-15-4-2-1-3-14(15)11-9-18-19(10-11)16(21)24-13-7-5-12(6-8-13)20(22)23/h1-10H. The van der Waals surface area contributed by atoms with Crippen molar-refractivity contribution in [2.24, 2.45) is 0 Å². The van der Waals surface area contributed by atoms with Gasteiger partial charge in [-0.15, -0.1) is 0 Å². The first-order chi connectivity index (χ1) is 11.5.